The molecule has 1 atom stereocenters. The molecule has 3 fully saturated rings. The number of anilines is 1. The van der Waals surface area contributed by atoms with Crippen molar-refractivity contribution in [2.75, 3.05) is 25.0 Å². The number of nitrogens with zero attached hydrogens (tertiary/aromatic N) is 1. The highest BCUT2D eigenvalue weighted by molar-refractivity contribution is 9.10. The standard InChI is InChI=1S/C14H16BrFN2O2/c15-11-2-1-10(16)7-12(11)17-14(19)20-13-8-18-5-3-9(13)4-6-18/h1-2,7,9,13H,3-6,8H2,(H,17,19). The van der Waals surface area contributed by atoms with Crippen LogP contribution in [0, 0.1) is 11.7 Å². The zero-order valence-corrected chi connectivity index (χ0v) is 12.5. The molecule has 3 aliphatic rings. The smallest absolute Gasteiger partial charge is 0.411 e. The molecule has 2 bridgehead atoms. The van der Waals surface area contributed by atoms with Crippen molar-refractivity contribution in [1.82, 2.24) is 4.90 Å². The number of rotatable bonds is 2. The summed E-state index contributed by atoms with van der Waals surface area (Å²) in [5, 5.41) is 2.59. The highest BCUT2D eigenvalue weighted by Crippen LogP contribution is 2.30. The fourth-order valence-electron chi connectivity index (χ4n) is 2.91. The number of fused-ring (bicyclic) bond motifs is 3. The van der Waals surface area contributed by atoms with Gasteiger partial charge >= 0.3 is 6.09 Å². The first-order valence-electron chi connectivity index (χ1n) is 6.77. The second kappa shape index (κ2) is 5.69. The van der Waals surface area contributed by atoms with Crippen LogP contribution in [0.5, 0.6) is 0 Å². The molecule has 3 aliphatic heterocycles. The minimum absolute atomic E-state index is 0.0511. The third-order valence-corrected chi connectivity index (χ3v) is 4.71. The molecule has 6 heteroatoms. The summed E-state index contributed by atoms with van der Waals surface area (Å²) in [5.74, 6) is 0.0630. The molecule has 0 spiro atoms. The number of hydrogen-bond donors (Lipinski definition) is 1. The van der Waals surface area contributed by atoms with E-state index in [1.165, 1.54) is 12.1 Å². The Balaban J connectivity index is 1.61. The lowest BCUT2D eigenvalue weighted by atomic mass is 9.86. The summed E-state index contributed by atoms with van der Waals surface area (Å²) in [7, 11) is 0. The van der Waals surface area contributed by atoms with Gasteiger partial charge in [0.2, 0.25) is 0 Å². The molecule has 1 aromatic rings. The van der Waals surface area contributed by atoms with Crippen LogP contribution < -0.4 is 5.32 Å². The number of piperidine rings is 3. The molecule has 1 unspecified atom stereocenters. The van der Waals surface area contributed by atoms with E-state index in [0.29, 0.717) is 16.1 Å². The largest absolute Gasteiger partial charge is 0.444 e. The summed E-state index contributed by atoms with van der Waals surface area (Å²) < 4.78 is 19.3. The van der Waals surface area contributed by atoms with E-state index in [4.69, 9.17) is 4.74 Å². The van der Waals surface area contributed by atoms with Crippen molar-refractivity contribution < 1.29 is 13.9 Å². The van der Waals surface area contributed by atoms with Crippen LogP contribution in [0.4, 0.5) is 14.9 Å². The summed E-state index contributed by atoms with van der Waals surface area (Å²) in [6, 6.07) is 4.15. The van der Waals surface area contributed by atoms with Crippen molar-refractivity contribution in [3.63, 3.8) is 0 Å². The molecule has 4 nitrogen and oxygen atoms in total. The van der Waals surface area contributed by atoms with Gasteiger partial charge in [-0.25, -0.2) is 9.18 Å². The molecule has 1 aromatic carbocycles. The van der Waals surface area contributed by atoms with Crippen LogP contribution in [0.2, 0.25) is 0 Å². The van der Waals surface area contributed by atoms with Crippen molar-refractivity contribution in [2.24, 2.45) is 5.92 Å². The molecular formula is C14H16BrFN2O2. The molecule has 20 heavy (non-hydrogen) atoms. The van der Waals surface area contributed by atoms with Gasteiger partial charge in [0, 0.05) is 11.0 Å². The Morgan fingerprint density at radius 1 is 1.40 bits per heavy atom. The number of amides is 1. The van der Waals surface area contributed by atoms with Crippen LogP contribution in [0.25, 0.3) is 0 Å². The van der Waals surface area contributed by atoms with Gasteiger partial charge < -0.3 is 4.74 Å². The lowest BCUT2D eigenvalue weighted by Gasteiger charge is -2.43. The van der Waals surface area contributed by atoms with Gasteiger partial charge in [0.15, 0.2) is 0 Å². The molecule has 0 aliphatic carbocycles. The van der Waals surface area contributed by atoms with E-state index in [2.05, 4.69) is 26.1 Å². The van der Waals surface area contributed by atoms with Crippen molar-refractivity contribution >= 4 is 27.7 Å². The number of ether oxygens (including phenoxy) is 1. The highest BCUT2D eigenvalue weighted by Gasteiger charge is 2.36. The minimum Gasteiger partial charge on any atom is -0.444 e. The van der Waals surface area contributed by atoms with E-state index in [1.807, 2.05) is 0 Å². The van der Waals surface area contributed by atoms with Gasteiger partial charge in [0.05, 0.1) is 5.69 Å². The topological polar surface area (TPSA) is 41.6 Å². The van der Waals surface area contributed by atoms with Gasteiger partial charge in [-0.3, -0.25) is 10.2 Å². The normalized spacial score (nSPS) is 28.2. The van der Waals surface area contributed by atoms with Gasteiger partial charge in [0.1, 0.15) is 11.9 Å². The molecule has 0 saturated carbocycles. The van der Waals surface area contributed by atoms with E-state index in [9.17, 15) is 9.18 Å². The Kier molecular flexibility index (Phi) is 3.94. The minimum atomic E-state index is -0.518. The zero-order valence-electron chi connectivity index (χ0n) is 10.9. The maximum absolute atomic E-state index is 13.2. The van der Waals surface area contributed by atoms with E-state index in [1.54, 1.807) is 6.07 Å². The zero-order chi connectivity index (χ0) is 14.1. The van der Waals surface area contributed by atoms with Crippen molar-refractivity contribution in [1.29, 1.82) is 0 Å². The molecule has 108 valence electrons. The Labute approximate surface area is 125 Å². The summed E-state index contributed by atoms with van der Waals surface area (Å²) >= 11 is 3.27. The maximum Gasteiger partial charge on any atom is 0.411 e. The summed E-state index contributed by atoms with van der Waals surface area (Å²) in [6.07, 6.45) is 1.60. The van der Waals surface area contributed by atoms with E-state index in [-0.39, 0.29) is 6.10 Å². The van der Waals surface area contributed by atoms with Crippen molar-refractivity contribution in [3.05, 3.63) is 28.5 Å². The SMILES string of the molecule is O=C(Nc1cc(F)ccc1Br)OC1CN2CCC1CC2. The number of carbonyl (C=O) groups excluding carboxylic acids is 1. The van der Waals surface area contributed by atoms with Gasteiger partial charge in [-0.2, -0.15) is 0 Å². The predicted molar refractivity (Wildman–Crippen MR) is 77.2 cm³/mol. The number of hydrogen-bond acceptors (Lipinski definition) is 3. The van der Waals surface area contributed by atoms with Gasteiger partial charge in [-0.05, 0) is 66.0 Å². The first-order chi connectivity index (χ1) is 9.61. The first-order valence-corrected chi connectivity index (χ1v) is 7.56. The maximum atomic E-state index is 13.2. The Morgan fingerprint density at radius 3 is 2.80 bits per heavy atom. The third-order valence-electron chi connectivity index (χ3n) is 4.02. The van der Waals surface area contributed by atoms with Gasteiger partial charge in [-0.1, -0.05) is 0 Å². The van der Waals surface area contributed by atoms with E-state index < -0.39 is 11.9 Å². The molecule has 4 rings (SSSR count). The number of carbonyl (C=O) groups is 1. The lowest BCUT2D eigenvalue weighted by molar-refractivity contribution is -0.0289. The number of benzene rings is 1. The van der Waals surface area contributed by atoms with Crippen LogP contribution in [0.1, 0.15) is 12.8 Å². The lowest BCUT2D eigenvalue weighted by Crippen LogP contribution is -2.52. The first kappa shape index (κ1) is 13.8. The molecule has 1 N–H and O–H groups in total. The third kappa shape index (κ3) is 2.96. The van der Waals surface area contributed by atoms with Crippen LogP contribution in [-0.4, -0.2) is 36.7 Å². The highest BCUT2D eigenvalue weighted by atomic mass is 79.9. The molecule has 0 radical (unpaired) electrons. The molecular weight excluding hydrogens is 327 g/mol. The Hall–Kier alpha value is -1.14. The number of halogens is 2. The van der Waals surface area contributed by atoms with Crippen LogP contribution in [0.3, 0.4) is 0 Å². The van der Waals surface area contributed by atoms with Crippen LogP contribution >= 0.6 is 15.9 Å². The monoisotopic (exact) mass is 342 g/mol. The Morgan fingerprint density at radius 2 is 2.15 bits per heavy atom. The van der Waals surface area contributed by atoms with Crippen molar-refractivity contribution in [2.45, 2.75) is 18.9 Å². The average Bonchev–Trinajstić information content (AvgIpc) is 2.44. The van der Waals surface area contributed by atoms with Gasteiger partial charge in [-0.15, -0.1) is 0 Å². The molecule has 0 aromatic heterocycles. The fraction of sp³-hybridized carbons (Fsp3) is 0.500. The summed E-state index contributed by atoms with van der Waals surface area (Å²) in [6.45, 7) is 3.01. The predicted octanol–water partition coefficient (Wildman–Crippen LogP) is 3.23. The second-order valence-corrected chi connectivity index (χ2v) is 6.19. The second-order valence-electron chi connectivity index (χ2n) is 5.33. The molecule has 3 heterocycles. The Bertz CT molecular complexity index is 518. The number of nitrogens with one attached hydrogen (secondary N) is 1. The summed E-state index contributed by atoms with van der Waals surface area (Å²) in [5.41, 5.74) is 0.385. The fourth-order valence-corrected chi connectivity index (χ4v) is 3.26. The van der Waals surface area contributed by atoms with Crippen LogP contribution in [-0.2, 0) is 4.74 Å². The van der Waals surface area contributed by atoms with Crippen molar-refractivity contribution in [3.8, 4) is 0 Å². The average molecular weight is 343 g/mol. The molecule has 3 saturated heterocycles. The molecule has 1 amide bonds. The van der Waals surface area contributed by atoms with Gasteiger partial charge in [0.25, 0.3) is 0 Å². The quantitative estimate of drug-likeness (QED) is 0.897. The van der Waals surface area contributed by atoms with E-state index in [0.717, 1.165) is 32.5 Å². The van der Waals surface area contributed by atoms with E-state index >= 15 is 0 Å². The van der Waals surface area contributed by atoms with Crippen LogP contribution in [0.15, 0.2) is 22.7 Å². The summed E-state index contributed by atoms with van der Waals surface area (Å²) in [4.78, 5) is 14.2.